The molecule has 1 N–H and O–H groups in total. The van der Waals surface area contributed by atoms with Crippen molar-refractivity contribution in [3.63, 3.8) is 0 Å². The van der Waals surface area contributed by atoms with E-state index >= 15 is 0 Å². The molecule has 0 saturated carbocycles. The minimum Gasteiger partial charge on any atom is -0.480 e. The molecule has 0 bridgehead atoms. The second-order valence-electron chi connectivity index (χ2n) is 5.57. The minimum atomic E-state index is -0.948. The molecule has 6 heteroatoms. The molecule has 106 valence electrons. The van der Waals surface area contributed by atoms with Gasteiger partial charge in [0.25, 0.3) is 0 Å². The van der Waals surface area contributed by atoms with Gasteiger partial charge in [0.05, 0.1) is 5.92 Å². The molecule has 2 heterocycles. The molecule has 6 nitrogen and oxygen atoms in total. The van der Waals surface area contributed by atoms with E-state index in [0.29, 0.717) is 19.5 Å². The van der Waals surface area contributed by atoms with E-state index in [2.05, 4.69) is 0 Å². The van der Waals surface area contributed by atoms with Crippen molar-refractivity contribution in [1.82, 2.24) is 9.80 Å². The van der Waals surface area contributed by atoms with Crippen LogP contribution in [0.25, 0.3) is 0 Å². The van der Waals surface area contributed by atoms with Crippen LogP contribution in [0.15, 0.2) is 0 Å². The third-order valence-corrected chi connectivity index (χ3v) is 3.95. The van der Waals surface area contributed by atoms with E-state index < -0.39 is 12.0 Å². The molecule has 0 spiro atoms. The van der Waals surface area contributed by atoms with Crippen LogP contribution < -0.4 is 0 Å². The summed E-state index contributed by atoms with van der Waals surface area (Å²) in [6, 6.07) is -0.630. The third kappa shape index (κ3) is 2.57. The lowest BCUT2D eigenvalue weighted by molar-refractivity contribution is -0.149. The summed E-state index contributed by atoms with van der Waals surface area (Å²) in [7, 11) is 0. The molecule has 0 radical (unpaired) electrons. The van der Waals surface area contributed by atoms with E-state index in [1.807, 2.05) is 13.8 Å². The minimum absolute atomic E-state index is 0.0144. The van der Waals surface area contributed by atoms with Gasteiger partial charge in [-0.3, -0.25) is 9.59 Å². The van der Waals surface area contributed by atoms with Crippen molar-refractivity contribution in [2.75, 3.05) is 13.1 Å². The normalized spacial score (nSPS) is 27.4. The first-order valence-corrected chi connectivity index (χ1v) is 6.74. The number of hydrogen-bond donors (Lipinski definition) is 1. The highest BCUT2D eigenvalue weighted by Crippen LogP contribution is 2.26. The Hall–Kier alpha value is -1.59. The lowest BCUT2D eigenvalue weighted by Crippen LogP contribution is -2.44. The van der Waals surface area contributed by atoms with Crippen LogP contribution in [0.5, 0.6) is 0 Å². The smallest absolute Gasteiger partial charge is 0.326 e. The van der Waals surface area contributed by atoms with Crippen molar-refractivity contribution in [2.45, 2.75) is 45.2 Å². The average molecular weight is 268 g/mol. The zero-order valence-electron chi connectivity index (χ0n) is 11.3. The molecular weight excluding hydrogens is 248 g/mol. The molecule has 0 aromatic heterocycles. The van der Waals surface area contributed by atoms with Crippen LogP contribution in [0.3, 0.4) is 0 Å². The van der Waals surface area contributed by atoms with Crippen LogP contribution in [0.2, 0.25) is 0 Å². The van der Waals surface area contributed by atoms with Crippen molar-refractivity contribution in [2.24, 2.45) is 5.92 Å². The quantitative estimate of drug-likeness (QED) is 0.799. The van der Waals surface area contributed by atoms with Gasteiger partial charge in [0, 0.05) is 25.6 Å². The second kappa shape index (κ2) is 5.19. The highest BCUT2D eigenvalue weighted by atomic mass is 16.4. The topological polar surface area (TPSA) is 77.9 Å². The van der Waals surface area contributed by atoms with E-state index in [9.17, 15) is 14.4 Å². The molecule has 0 aliphatic carbocycles. The van der Waals surface area contributed by atoms with Gasteiger partial charge in [-0.15, -0.1) is 0 Å². The maximum absolute atomic E-state index is 12.4. The Morgan fingerprint density at radius 3 is 2.58 bits per heavy atom. The monoisotopic (exact) mass is 268 g/mol. The molecule has 1 unspecified atom stereocenters. The van der Waals surface area contributed by atoms with Crippen LogP contribution in [0.4, 0.5) is 0 Å². The van der Waals surface area contributed by atoms with Gasteiger partial charge in [-0.1, -0.05) is 0 Å². The summed E-state index contributed by atoms with van der Waals surface area (Å²) in [5, 5.41) is 9.10. The summed E-state index contributed by atoms with van der Waals surface area (Å²) in [4.78, 5) is 38.4. The highest BCUT2D eigenvalue weighted by molar-refractivity contribution is 5.91. The van der Waals surface area contributed by atoms with Crippen LogP contribution in [0, 0.1) is 5.92 Å². The predicted molar refractivity (Wildman–Crippen MR) is 67.3 cm³/mol. The molecule has 2 amide bonds. The van der Waals surface area contributed by atoms with Gasteiger partial charge in [-0.05, 0) is 26.7 Å². The van der Waals surface area contributed by atoms with E-state index in [-0.39, 0.29) is 30.2 Å². The van der Waals surface area contributed by atoms with Crippen molar-refractivity contribution < 1.29 is 19.5 Å². The van der Waals surface area contributed by atoms with Crippen LogP contribution in [-0.2, 0) is 14.4 Å². The molecular formula is C13H20N2O4. The van der Waals surface area contributed by atoms with Crippen LogP contribution in [-0.4, -0.2) is 57.9 Å². The van der Waals surface area contributed by atoms with E-state index in [0.717, 1.165) is 6.42 Å². The number of carboxylic acids is 1. The van der Waals surface area contributed by atoms with Gasteiger partial charge in [-0.25, -0.2) is 4.79 Å². The van der Waals surface area contributed by atoms with E-state index in [1.165, 1.54) is 4.90 Å². The number of nitrogens with zero attached hydrogens (tertiary/aromatic N) is 2. The molecule has 0 aromatic rings. The highest BCUT2D eigenvalue weighted by Gasteiger charge is 2.42. The fraction of sp³-hybridized carbons (Fsp3) is 0.769. The zero-order valence-corrected chi connectivity index (χ0v) is 11.3. The van der Waals surface area contributed by atoms with Gasteiger partial charge < -0.3 is 14.9 Å². The first kappa shape index (κ1) is 13.8. The Balaban J connectivity index is 2.05. The van der Waals surface area contributed by atoms with E-state index in [1.54, 1.807) is 4.90 Å². The van der Waals surface area contributed by atoms with Gasteiger partial charge in [0.2, 0.25) is 11.8 Å². The van der Waals surface area contributed by atoms with Gasteiger partial charge >= 0.3 is 5.97 Å². The summed E-state index contributed by atoms with van der Waals surface area (Å²) in [5.74, 6) is -1.52. The van der Waals surface area contributed by atoms with Gasteiger partial charge in [0.15, 0.2) is 0 Å². The summed E-state index contributed by atoms with van der Waals surface area (Å²) in [6.07, 6.45) is 1.44. The molecule has 2 rings (SSSR count). The molecule has 2 atom stereocenters. The fourth-order valence-electron chi connectivity index (χ4n) is 2.92. The fourth-order valence-corrected chi connectivity index (χ4v) is 2.92. The number of carbonyl (C=O) groups excluding carboxylic acids is 2. The van der Waals surface area contributed by atoms with Crippen molar-refractivity contribution in [3.05, 3.63) is 0 Å². The average Bonchev–Trinajstić information content (AvgIpc) is 2.93. The van der Waals surface area contributed by atoms with Crippen molar-refractivity contribution in [1.29, 1.82) is 0 Å². The largest absolute Gasteiger partial charge is 0.480 e. The second-order valence-corrected chi connectivity index (χ2v) is 5.57. The van der Waals surface area contributed by atoms with E-state index in [4.69, 9.17) is 5.11 Å². The first-order valence-electron chi connectivity index (χ1n) is 6.74. The molecule has 2 aliphatic heterocycles. The SMILES string of the molecule is CC(C)N1CC(C(=O)N2CCC[C@H]2C(=O)O)CC1=O. The zero-order chi connectivity index (χ0) is 14.2. The third-order valence-electron chi connectivity index (χ3n) is 3.95. The van der Waals surface area contributed by atoms with Crippen LogP contribution in [0.1, 0.15) is 33.1 Å². The Labute approximate surface area is 112 Å². The maximum Gasteiger partial charge on any atom is 0.326 e. The molecule has 2 fully saturated rings. The number of carboxylic acid groups (broad SMARTS) is 1. The number of rotatable bonds is 3. The van der Waals surface area contributed by atoms with Gasteiger partial charge in [-0.2, -0.15) is 0 Å². The van der Waals surface area contributed by atoms with Crippen molar-refractivity contribution in [3.8, 4) is 0 Å². The first-order chi connectivity index (χ1) is 8.91. The Morgan fingerprint density at radius 2 is 2.05 bits per heavy atom. The lowest BCUT2D eigenvalue weighted by Gasteiger charge is -2.25. The summed E-state index contributed by atoms with van der Waals surface area (Å²) < 4.78 is 0. The number of carbonyl (C=O) groups is 3. The predicted octanol–water partition coefficient (Wildman–Crippen LogP) is 0.319. The number of hydrogen-bond acceptors (Lipinski definition) is 3. The molecule has 0 aromatic carbocycles. The number of aliphatic carboxylic acids is 1. The summed E-state index contributed by atoms with van der Waals surface area (Å²) in [5.41, 5.74) is 0. The lowest BCUT2D eigenvalue weighted by atomic mass is 10.1. The Bertz CT molecular complexity index is 407. The Morgan fingerprint density at radius 1 is 1.37 bits per heavy atom. The molecule has 19 heavy (non-hydrogen) atoms. The molecule has 2 saturated heterocycles. The standard InChI is InChI=1S/C13H20N2O4/c1-8(2)15-7-9(6-11(15)16)12(17)14-5-3-4-10(14)13(18)19/h8-10H,3-7H2,1-2H3,(H,18,19)/t9?,10-/m0/s1. The number of amides is 2. The molecule has 2 aliphatic rings. The van der Waals surface area contributed by atoms with Gasteiger partial charge in [0.1, 0.15) is 6.04 Å². The summed E-state index contributed by atoms with van der Waals surface area (Å²) >= 11 is 0. The summed E-state index contributed by atoms with van der Waals surface area (Å²) in [6.45, 7) is 4.74. The van der Waals surface area contributed by atoms with Crippen molar-refractivity contribution >= 4 is 17.8 Å². The number of likely N-dealkylation sites (tertiary alicyclic amines) is 2. The maximum atomic E-state index is 12.4. The Kier molecular flexibility index (Phi) is 3.78. The van der Waals surface area contributed by atoms with Crippen LogP contribution >= 0.6 is 0 Å².